The maximum Gasteiger partial charge on any atom is 0.257 e. The molecule has 2 heterocycles. The number of ether oxygens (including phenoxy) is 1. The number of amides is 1. The third-order valence-electron chi connectivity index (χ3n) is 5.49. The SMILES string of the molecule is Cc1ccc(CN2CCOC(CN(Cc3ccco3)C(=O)c3ccccc3F)C2)cc1. The summed E-state index contributed by atoms with van der Waals surface area (Å²) in [6, 6.07) is 18.2. The van der Waals surface area contributed by atoms with E-state index in [0.717, 1.165) is 13.1 Å². The van der Waals surface area contributed by atoms with Gasteiger partial charge in [-0.3, -0.25) is 9.69 Å². The predicted octanol–water partition coefficient (Wildman–Crippen LogP) is 4.27. The van der Waals surface area contributed by atoms with Gasteiger partial charge in [-0.15, -0.1) is 0 Å². The summed E-state index contributed by atoms with van der Waals surface area (Å²) < 4.78 is 25.7. The van der Waals surface area contributed by atoms with Crippen molar-refractivity contribution in [3.8, 4) is 0 Å². The summed E-state index contributed by atoms with van der Waals surface area (Å²) in [4.78, 5) is 17.1. The summed E-state index contributed by atoms with van der Waals surface area (Å²) in [5.74, 6) is -0.242. The zero-order valence-electron chi connectivity index (χ0n) is 17.7. The van der Waals surface area contributed by atoms with Crippen molar-refractivity contribution in [1.82, 2.24) is 9.80 Å². The van der Waals surface area contributed by atoms with Crippen LogP contribution in [0.3, 0.4) is 0 Å². The maximum atomic E-state index is 14.3. The van der Waals surface area contributed by atoms with E-state index in [1.54, 1.807) is 29.4 Å². The summed E-state index contributed by atoms with van der Waals surface area (Å²) in [5.41, 5.74) is 2.55. The fourth-order valence-electron chi connectivity index (χ4n) is 3.85. The zero-order chi connectivity index (χ0) is 21.6. The van der Waals surface area contributed by atoms with Crippen LogP contribution in [-0.2, 0) is 17.8 Å². The Hall–Kier alpha value is -2.96. The van der Waals surface area contributed by atoms with Crippen molar-refractivity contribution >= 4 is 5.91 Å². The summed E-state index contributed by atoms with van der Waals surface area (Å²) in [5, 5.41) is 0. The molecule has 4 rings (SSSR count). The first kappa shape index (κ1) is 21.3. The fourth-order valence-corrected chi connectivity index (χ4v) is 3.85. The second-order valence-corrected chi connectivity index (χ2v) is 7.96. The van der Waals surface area contributed by atoms with Crippen LogP contribution in [0.1, 0.15) is 27.2 Å². The number of nitrogens with zero attached hydrogens (tertiary/aromatic N) is 2. The Morgan fingerprint density at radius 3 is 2.68 bits per heavy atom. The van der Waals surface area contributed by atoms with E-state index in [1.165, 1.54) is 23.3 Å². The first-order valence-electron chi connectivity index (χ1n) is 10.5. The molecule has 1 amide bonds. The molecule has 5 nitrogen and oxygen atoms in total. The summed E-state index contributed by atoms with van der Waals surface area (Å²) in [6.07, 6.45) is 1.41. The number of morpholine rings is 1. The van der Waals surface area contributed by atoms with E-state index >= 15 is 0 Å². The van der Waals surface area contributed by atoms with Gasteiger partial charge >= 0.3 is 0 Å². The van der Waals surface area contributed by atoms with Gasteiger partial charge in [-0.05, 0) is 36.8 Å². The van der Waals surface area contributed by atoms with Crippen LogP contribution in [0.4, 0.5) is 4.39 Å². The third-order valence-corrected chi connectivity index (χ3v) is 5.49. The Balaban J connectivity index is 1.46. The smallest absolute Gasteiger partial charge is 0.257 e. The number of hydrogen-bond donors (Lipinski definition) is 0. The molecule has 2 aromatic carbocycles. The monoisotopic (exact) mass is 422 g/mol. The quantitative estimate of drug-likeness (QED) is 0.571. The van der Waals surface area contributed by atoms with Gasteiger partial charge in [0.1, 0.15) is 11.6 Å². The molecule has 31 heavy (non-hydrogen) atoms. The number of halogens is 1. The molecule has 0 N–H and O–H groups in total. The van der Waals surface area contributed by atoms with Gasteiger partial charge in [0.15, 0.2) is 0 Å². The van der Waals surface area contributed by atoms with Crippen LogP contribution in [-0.4, -0.2) is 48.1 Å². The van der Waals surface area contributed by atoms with Gasteiger partial charge in [-0.1, -0.05) is 42.0 Å². The molecule has 1 aliphatic rings. The highest BCUT2D eigenvalue weighted by Gasteiger charge is 2.27. The van der Waals surface area contributed by atoms with Gasteiger partial charge in [0.25, 0.3) is 5.91 Å². The molecule has 1 unspecified atom stereocenters. The highest BCUT2D eigenvalue weighted by Crippen LogP contribution is 2.17. The van der Waals surface area contributed by atoms with Crippen LogP contribution in [0.15, 0.2) is 71.3 Å². The van der Waals surface area contributed by atoms with Gasteiger partial charge in [0.2, 0.25) is 0 Å². The number of rotatable bonds is 7. The average Bonchev–Trinajstić information content (AvgIpc) is 3.28. The van der Waals surface area contributed by atoms with Crippen LogP contribution < -0.4 is 0 Å². The second-order valence-electron chi connectivity index (χ2n) is 7.96. The Labute approximate surface area is 182 Å². The number of carbonyl (C=O) groups excluding carboxylic acids is 1. The Kier molecular flexibility index (Phi) is 6.79. The molecular formula is C25H27FN2O3. The second kappa shape index (κ2) is 9.90. The topological polar surface area (TPSA) is 45.9 Å². The minimum absolute atomic E-state index is 0.0568. The lowest BCUT2D eigenvalue weighted by atomic mass is 10.1. The number of furan rings is 1. The molecule has 0 saturated carbocycles. The molecule has 0 spiro atoms. The normalized spacial score (nSPS) is 16.9. The van der Waals surface area contributed by atoms with Crippen molar-refractivity contribution in [2.24, 2.45) is 0 Å². The first-order chi connectivity index (χ1) is 15.1. The van der Waals surface area contributed by atoms with E-state index in [-0.39, 0.29) is 24.1 Å². The van der Waals surface area contributed by atoms with E-state index in [0.29, 0.717) is 25.5 Å². The van der Waals surface area contributed by atoms with Crippen LogP contribution >= 0.6 is 0 Å². The van der Waals surface area contributed by atoms with Crippen molar-refractivity contribution in [3.05, 3.63) is 95.2 Å². The van der Waals surface area contributed by atoms with Crippen molar-refractivity contribution < 1.29 is 18.3 Å². The molecule has 0 bridgehead atoms. The standard InChI is InChI=1S/C25H27FN2O3/c1-19-8-10-20(11-9-19)15-27-12-14-31-22(16-27)18-28(17-21-5-4-13-30-21)25(29)23-6-2-3-7-24(23)26/h2-11,13,22H,12,14-18H2,1H3. The maximum absolute atomic E-state index is 14.3. The van der Waals surface area contributed by atoms with Crippen molar-refractivity contribution in [2.45, 2.75) is 26.1 Å². The van der Waals surface area contributed by atoms with Crippen LogP contribution in [0.5, 0.6) is 0 Å². The molecular weight excluding hydrogens is 395 g/mol. The lowest BCUT2D eigenvalue weighted by Crippen LogP contribution is -2.48. The number of hydrogen-bond acceptors (Lipinski definition) is 4. The van der Waals surface area contributed by atoms with E-state index in [9.17, 15) is 9.18 Å². The number of aryl methyl sites for hydroxylation is 1. The van der Waals surface area contributed by atoms with E-state index in [1.807, 2.05) is 6.07 Å². The molecule has 1 aliphatic heterocycles. The van der Waals surface area contributed by atoms with Crippen molar-refractivity contribution in [3.63, 3.8) is 0 Å². The molecule has 1 fully saturated rings. The number of benzene rings is 2. The van der Waals surface area contributed by atoms with Crippen LogP contribution in [0.2, 0.25) is 0 Å². The van der Waals surface area contributed by atoms with Crippen molar-refractivity contribution in [1.29, 1.82) is 0 Å². The predicted molar refractivity (Wildman–Crippen MR) is 116 cm³/mol. The fraction of sp³-hybridized carbons (Fsp3) is 0.320. The molecule has 162 valence electrons. The summed E-state index contributed by atoms with van der Waals surface area (Å²) in [6.45, 7) is 5.67. The molecule has 1 aromatic heterocycles. The van der Waals surface area contributed by atoms with Gasteiger partial charge in [0, 0.05) is 26.2 Å². The summed E-state index contributed by atoms with van der Waals surface area (Å²) in [7, 11) is 0. The zero-order valence-corrected chi connectivity index (χ0v) is 17.7. The lowest BCUT2D eigenvalue weighted by molar-refractivity contribution is -0.0442. The Bertz CT molecular complexity index is 988. The van der Waals surface area contributed by atoms with Crippen LogP contribution in [0.25, 0.3) is 0 Å². The van der Waals surface area contributed by atoms with Crippen LogP contribution in [0, 0.1) is 12.7 Å². The molecule has 0 aliphatic carbocycles. The highest BCUT2D eigenvalue weighted by molar-refractivity contribution is 5.94. The molecule has 6 heteroatoms. The van der Waals surface area contributed by atoms with E-state index in [2.05, 4.69) is 36.1 Å². The van der Waals surface area contributed by atoms with Gasteiger partial charge < -0.3 is 14.1 Å². The van der Waals surface area contributed by atoms with Crippen molar-refractivity contribution in [2.75, 3.05) is 26.2 Å². The minimum Gasteiger partial charge on any atom is -0.467 e. The molecule has 0 radical (unpaired) electrons. The highest BCUT2D eigenvalue weighted by atomic mass is 19.1. The number of carbonyl (C=O) groups is 1. The molecule has 1 saturated heterocycles. The minimum atomic E-state index is -0.525. The van der Waals surface area contributed by atoms with Gasteiger partial charge in [-0.25, -0.2) is 4.39 Å². The lowest BCUT2D eigenvalue weighted by Gasteiger charge is -2.35. The largest absolute Gasteiger partial charge is 0.467 e. The van der Waals surface area contributed by atoms with Gasteiger partial charge in [-0.2, -0.15) is 0 Å². The molecule has 1 atom stereocenters. The Morgan fingerprint density at radius 2 is 1.94 bits per heavy atom. The van der Waals surface area contributed by atoms with Gasteiger partial charge in [0.05, 0.1) is 31.1 Å². The summed E-state index contributed by atoms with van der Waals surface area (Å²) >= 11 is 0. The first-order valence-corrected chi connectivity index (χ1v) is 10.5. The average molecular weight is 423 g/mol. The van der Waals surface area contributed by atoms with E-state index in [4.69, 9.17) is 9.15 Å². The van der Waals surface area contributed by atoms with E-state index < -0.39 is 5.82 Å². The Morgan fingerprint density at radius 1 is 1.13 bits per heavy atom. The molecule has 3 aromatic rings. The third kappa shape index (κ3) is 5.60.